The third-order valence-corrected chi connectivity index (χ3v) is 5.24. The molecule has 0 bridgehead atoms. The first-order valence-electron chi connectivity index (χ1n) is 7.65. The first-order chi connectivity index (χ1) is 9.18. The minimum atomic E-state index is -0.0965. The summed E-state index contributed by atoms with van der Waals surface area (Å²) < 4.78 is 13.5. The molecule has 2 aliphatic rings. The van der Waals surface area contributed by atoms with Crippen molar-refractivity contribution in [2.45, 2.75) is 50.9 Å². The Morgan fingerprint density at radius 1 is 1.21 bits per heavy atom. The maximum absolute atomic E-state index is 13.5. The van der Waals surface area contributed by atoms with Crippen LogP contribution in [0.2, 0.25) is 0 Å². The lowest BCUT2D eigenvalue weighted by Crippen LogP contribution is -2.53. The molecule has 0 atom stereocenters. The van der Waals surface area contributed by atoms with Crippen LogP contribution in [0.25, 0.3) is 0 Å². The molecule has 1 N–H and O–H groups in total. The predicted octanol–water partition coefficient (Wildman–Crippen LogP) is 4.03. The van der Waals surface area contributed by atoms with Gasteiger partial charge in [0, 0.05) is 12.0 Å². The second kappa shape index (κ2) is 4.90. The number of halogens is 1. The number of nitrogens with one attached hydrogen (secondary N) is 1. The summed E-state index contributed by atoms with van der Waals surface area (Å²) in [5, 5.41) is 3.49. The number of hydrogen-bond donors (Lipinski definition) is 1. The largest absolute Gasteiger partial charge is 0.316 e. The SMILES string of the molecule is CCNCC1(c2cccc(F)c2)CC2(CCCC2)C1. The van der Waals surface area contributed by atoms with Gasteiger partial charge < -0.3 is 5.32 Å². The molecule has 0 aliphatic heterocycles. The van der Waals surface area contributed by atoms with E-state index in [1.807, 2.05) is 6.07 Å². The van der Waals surface area contributed by atoms with E-state index in [0.717, 1.165) is 13.1 Å². The number of benzene rings is 1. The van der Waals surface area contributed by atoms with Crippen LogP contribution in [0.4, 0.5) is 4.39 Å². The van der Waals surface area contributed by atoms with Gasteiger partial charge in [0.25, 0.3) is 0 Å². The van der Waals surface area contributed by atoms with Crippen LogP contribution in [-0.2, 0) is 5.41 Å². The Balaban J connectivity index is 1.82. The molecular formula is C17H24FN. The molecule has 2 aliphatic carbocycles. The zero-order valence-corrected chi connectivity index (χ0v) is 11.8. The van der Waals surface area contributed by atoms with E-state index in [4.69, 9.17) is 0 Å². The Kier molecular flexibility index (Phi) is 3.38. The van der Waals surface area contributed by atoms with E-state index in [2.05, 4.69) is 18.3 Å². The van der Waals surface area contributed by atoms with Crippen LogP contribution in [0.15, 0.2) is 24.3 Å². The Bertz CT molecular complexity index is 440. The van der Waals surface area contributed by atoms with Crippen molar-refractivity contribution in [2.24, 2.45) is 5.41 Å². The predicted molar refractivity (Wildman–Crippen MR) is 76.8 cm³/mol. The van der Waals surface area contributed by atoms with E-state index in [1.54, 1.807) is 12.1 Å². The highest BCUT2D eigenvalue weighted by atomic mass is 19.1. The molecule has 1 aromatic carbocycles. The van der Waals surface area contributed by atoms with Gasteiger partial charge in [-0.2, -0.15) is 0 Å². The van der Waals surface area contributed by atoms with Crippen molar-refractivity contribution >= 4 is 0 Å². The van der Waals surface area contributed by atoms with E-state index in [9.17, 15) is 4.39 Å². The molecule has 0 saturated heterocycles. The molecular weight excluding hydrogens is 237 g/mol. The summed E-state index contributed by atoms with van der Waals surface area (Å²) in [6.45, 7) is 4.13. The van der Waals surface area contributed by atoms with Crippen LogP contribution in [0.5, 0.6) is 0 Å². The molecule has 104 valence electrons. The fourth-order valence-corrected chi connectivity index (χ4v) is 4.48. The van der Waals surface area contributed by atoms with Crippen LogP contribution in [0.3, 0.4) is 0 Å². The van der Waals surface area contributed by atoms with Gasteiger partial charge in [-0.3, -0.25) is 0 Å². The first kappa shape index (κ1) is 13.1. The van der Waals surface area contributed by atoms with Crippen molar-refractivity contribution in [3.8, 4) is 0 Å². The van der Waals surface area contributed by atoms with Crippen molar-refractivity contribution < 1.29 is 4.39 Å². The topological polar surface area (TPSA) is 12.0 Å². The van der Waals surface area contributed by atoms with E-state index in [-0.39, 0.29) is 11.2 Å². The Hall–Kier alpha value is -0.890. The fourth-order valence-electron chi connectivity index (χ4n) is 4.48. The molecule has 0 unspecified atom stereocenters. The maximum atomic E-state index is 13.5. The number of likely N-dealkylation sites (N-methyl/N-ethyl adjacent to an activating group) is 1. The average Bonchev–Trinajstić information content (AvgIpc) is 2.84. The quantitative estimate of drug-likeness (QED) is 0.863. The summed E-state index contributed by atoms with van der Waals surface area (Å²) in [6, 6.07) is 7.27. The second-order valence-electron chi connectivity index (χ2n) is 6.63. The fraction of sp³-hybridized carbons (Fsp3) is 0.647. The minimum absolute atomic E-state index is 0.0965. The average molecular weight is 261 g/mol. The van der Waals surface area contributed by atoms with E-state index in [0.29, 0.717) is 5.41 Å². The molecule has 1 nitrogen and oxygen atoms in total. The van der Waals surface area contributed by atoms with E-state index in [1.165, 1.54) is 44.1 Å². The first-order valence-corrected chi connectivity index (χ1v) is 7.65. The van der Waals surface area contributed by atoms with Crippen LogP contribution in [-0.4, -0.2) is 13.1 Å². The van der Waals surface area contributed by atoms with Crippen molar-refractivity contribution in [3.05, 3.63) is 35.6 Å². The van der Waals surface area contributed by atoms with Gasteiger partial charge in [-0.15, -0.1) is 0 Å². The molecule has 2 heteroatoms. The summed E-state index contributed by atoms with van der Waals surface area (Å²) >= 11 is 0. The standard InChI is InChI=1S/C17H24FN/c1-2-19-13-17(14-6-5-7-15(18)10-14)11-16(12-17)8-3-4-9-16/h5-7,10,19H,2-4,8-9,11-13H2,1H3. The highest BCUT2D eigenvalue weighted by Gasteiger charge is 2.55. The summed E-state index contributed by atoms with van der Waals surface area (Å²) in [4.78, 5) is 0. The lowest BCUT2D eigenvalue weighted by Gasteiger charge is -2.56. The third-order valence-electron chi connectivity index (χ3n) is 5.24. The highest BCUT2D eigenvalue weighted by molar-refractivity contribution is 5.32. The number of rotatable bonds is 4. The zero-order chi connectivity index (χ0) is 13.3. The van der Waals surface area contributed by atoms with Crippen molar-refractivity contribution in [1.29, 1.82) is 0 Å². The third kappa shape index (κ3) is 2.31. The lowest BCUT2D eigenvalue weighted by molar-refractivity contribution is 0.0271. The molecule has 0 amide bonds. The molecule has 19 heavy (non-hydrogen) atoms. The number of hydrogen-bond acceptors (Lipinski definition) is 1. The molecule has 1 spiro atoms. The summed E-state index contributed by atoms with van der Waals surface area (Å²) in [6.07, 6.45) is 8.04. The molecule has 1 aromatic rings. The van der Waals surface area contributed by atoms with Gasteiger partial charge in [-0.1, -0.05) is 31.9 Å². The Morgan fingerprint density at radius 3 is 2.58 bits per heavy atom. The van der Waals surface area contributed by atoms with Crippen LogP contribution < -0.4 is 5.32 Å². The van der Waals surface area contributed by atoms with Gasteiger partial charge >= 0.3 is 0 Å². The maximum Gasteiger partial charge on any atom is 0.123 e. The zero-order valence-electron chi connectivity index (χ0n) is 11.8. The van der Waals surface area contributed by atoms with E-state index >= 15 is 0 Å². The van der Waals surface area contributed by atoms with Gasteiger partial charge in [0.2, 0.25) is 0 Å². The summed E-state index contributed by atoms with van der Waals surface area (Å²) in [5.74, 6) is -0.0965. The molecule has 2 saturated carbocycles. The molecule has 3 rings (SSSR count). The normalized spacial score (nSPS) is 23.5. The lowest BCUT2D eigenvalue weighted by atomic mass is 9.49. The van der Waals surface area contributed by atoms with Crippen molar-refractivity contribution in [1.82, 2.24) is 5.32 Å². The van der Waals surface area contributed by atoms with Gasteiger partial charge in [0.05, 0.1) is 0 Å². The van der Waals surface area contributed by atoms with Gasteiger partial charge in [0.1, 0.15) is 5.82 Å². The molecule has 2 fully saturated rings. The monoisotopic (exact) mass is 261 g/mol. The molecule has 0 heterocycles. The minimum Gasteiger partial charge on any atom is -0.316 e. The second-order valence-corrected chi connectivity index (χ2v) is 6.63. The smallest absolute Gasteiger partial charge is 0.123 e. The summed E-state index contributed by atoms with van der Waals surface area (Å²) in [5.41, 5.74) is 1.97. The van der Waals surface area contributed by atoms with Crippen molar-refractivity contribution in [2.75, 3.05) is 13.1 Å². The van der Waals surface area contributed by atoms with Crippen LogP contribution in [0, 0.1) is 11.2 Å². The highest BCUT2D eigenvalue weighted by Crippen LogP contribution is 2.62. The van der Waals surface area contributed by atoms with E-state index < -0.39 is 0 Å². The molecule has 0 aromatic heterocycles. The molecule has 0 radical (unpaired) electrons. The van der Waals surface area contributed by atoms with Gasteiger partial charge in [-0.05, 0) is 55.3 Å². The van der Waals surface area contributed by atoms with Crippen molar-refractivity contribution in [3.63, 3.8) is 0 Å². The Labute approximate surface area is 115 Å². The van der Waals surface area contributed by atoms with Crippen LogP contribution in [0.1, 0.15) is 51.0 Å². The van der Waals surface area contributed by atoms with Gasteiger partial charge in [0.15, 0.2) is 0 Å². The van der Waals surface area contributed by atoms with Gasteiger partial charge in [-0.25, -0.2) is 4.39 Å². The Morgan fingerprint density at radius 2 is 1.95 bits per heavy atom. The van der Waals surface area contributed by atoms with Crippen LogP contribution >= 0.6 is 0 Å². The summed E-state index contributed by atoms with van der Waals surface area (Å²) in [7, 11) is 0.